The Bertz CT molecular complexity index is 573. The highest BCUT2D eigenvalue weighted by Crippen LogP contribution is 2.30. The third kappa shape index (κ3) is 2.72. The molecule has 0 radical (unpaired) electrons. The SMILES string of the molecule is CC(C(=O)N1CCC(F)(C(=O)O)C1)c1c(F)cccc1F. The molecular weight excluding hydrogens is 287 g/mol. The molecule has 114 valence electrons. The minimum absolute atomic E-state index is 0.0952. The van der Waals surface area contributed by atoms with E-state index in [9.17, 15) is 22.8 Å². The quantitative estimate of drug-likeness (QED) is 0.930. The van der Waals surface area contributed by atoms with E-state index in [0.717, 1.165) is 17.0 Å². The predicted octanol–water partition coefficient (Wildman–Crippen LogP) is 2.09. The molecule has 1 heterocycles. The van der Waals surface area contributed by atoms with Gasteiger partial charge in [-0.3, -0.25) is 4.79 Å². The van der Waals surface area contributed by atoms with E-state index in [-0.39, 0.29) is 13.0 Å². The van der Waals surface area contributed by atoms with Crippen molar-refractivity contribution in [1.82, 2.24) is 4.90 Å². The summed E-state index contributed by atoms with van der Waals surface area (Å²) >= 11 is 0. The van der Waals surface area contributed by atoms with E-state index in [1.807, 2.05) is 0 Å². The normalized spacial score (nSPS) is 23.1. The van der Waals surface area contributed by atoms with E-state index >= 15 is 0 Å². The number of nitrogens with zero attached hydrogens (tertiary/aromatic N) is 1. The van der Waals surface area contributed by atoms with Crippen LogP contribution < -0.4 is 0 Å². The molecule has 2 atom stereocenters. The Hall–Kier alpha value is -2.05. The largest absolute Gasteiger partial charge is 0.479 e. The van der Waals surface area contributed by atoms with Crippen LogP contribution in [0.4, 0.5) is 13.2 Å². The molecule has 1 aromatic carbocycles. The van der Waals surface area contributed by atoms with Crippen LogP contribution in [0.15, 0.2) is 18.2 Å². The minimum Gasteiger partial charge on any atom is -0.479 e. The second-order valence-electron chi connectivity index (χ2n) is 5.14. The smallest absolute Gasteiger partial charge is 0.343 e. The second kappa shape index (κ2) is 5.38. The van der Waals surface area contributed by atoms with Crippen molar-refractivity contribution in [2.45, 2.75) is 24.9 Å². The Morgan fingerprint density at radius 2 is 1.90 bits per heavy atom. The summed E-state index contributed by atoms with van der Waals surface area (Å²) in [7, 11) is 0. The molecule has 0 bridgehead atoms. The van der Waals surface area contributed by atoms with E-state index in [2.05, 4.69) is 0 Å². The van der Waals surface area contributed by atoms with Crippen molar-refractivity contribution >= 4 is 11.9 Å². The summed E-state index contributed by atoms with van der Waals surface area (Å²) in [6, 6.07) is 3.24. The molecule has 0 aliphatic carbocycles. The number of carbonyl (C=O) groups is 2. The fourth-order valence-electron chi connectivity index (χ4n) is 2.46. The Labute approximate surface area is 119 Å². The fourth-order valence-corrected chi connectivity index (χ4v) is 2.46. The number of benzene rings is 1. The Kier molecular flexibility index (Phi) is 3.93. The van der Waals surface area contributed by atoms with Gasteiger partial charge in [-0.1, -0.05) is 6.07 Å². The van der Waals surface area contributed by atoms with Crippen molar-refractivity contribution in [2.75, 3.05) is 13.1 Å². The molecule has 1 amide bonds. The van der Waals surface area contributed by atoms with Crippen LogP contribution in [0.25, 0.3) is 0 Å². The minimum atomic E-state index is -2.50. The van der Waals surface area contributed by atoms with Crippen LogP contribution >= 0.6 is 0 Å². The summed E-state index contributed by atoms with van der Waals surface area (Å²) in [4.78, 5) is 24.0. The van der Waals surface area contributed by atoms with Gasteiger partial charge in [0, 0.05) is 18.5 Å². The maximum absolute atomic E-state index is 13.9. The standard InChI is InChI=1S/C14H14F3NO3/c1-8(11-9(15)3-2-4-10(11)16)12(19)18-6-5-14(17,7-18)13(20)21/h2-4,8H,5-7H2,1H3,(H,20,21). The number of carboxylic acids is 1. The molecule has 7 heteroatoms. The summed E-state index contributed by atoms with van der Waals surface area (Å²) < 4.78 is 41.2. The molecule has 2 unspecified atom stereocenters. The van der Waals surface area contributed by atoms with Gasteiger partial charge in [0.05, 0.1) is 12.5 Å². The number of likely N-dealkylation sites (tertiary alicyclic amines) is 1. The summed E-state index contributed by atoms with van der Waals surface area (Å²) in [5, 5.41) is 8.78. The molecule has 0 aromatic heterocycles. The van der Waals surface area contributed by atoms with Gasteiger partial charge in [-0.2, -0.15) is 0 Å². The lowest BCUT2D eigenvalue weighted by Gasteiger charge is -2.22. The van der Waals surface area contributed by atoms with Gasteiger partial charge in [0.15, 0.2) is 0 Å². The highest BCUT2D eigenvalue weighted by atomic mass is 19.1. The number of carboxylic acid groups (broad SMARTS) is 1. The summed E-state index contributed by atoms with van der Waals surface area (Å²) in [6.45, 7) is 0.604. The first-order valence-electron chi connectivity index (χ1n) is 6.41. The van der Waals surface area contributed by atoms with Crippen LogP contribution in [0.2, 0.25) is 0 Å². The van der Waals surface area contributed by atoms with Crippen LogP contribution in [0.3, 0.4) is 0 Å². The molecule has 0 spiro atoms. The van der Waals surface area contributed by atoms with Gasteiger partial charge in [0.1, 0.15) is 11.6 Å². The van der Waals surface area contributed by atoms with Gasteiger partial charge in [-0.15, -0.1) is 0 Å². The van der Waals surface area contributed by atoms with Crippen molar-refractivity contribution in [3.63, 3.8) is 0 Å². The zero-order valence-corrected chi connectivity index (χ0v) is 11.3. The lowest BCUT2D eigenvalue weighted by Crippen LogP contribution is -2.40. The number of aliphatic carboxylic acids is 1. The topological polar surface area (TPSA) is 57.6 Å². The van der Waals surface area contributed by atoms with Gasteiger partial charge in [0.2, 0.25) is 11.6 Å². The van der Waals surface area contributed by atoms with Gasteiger partial charge in [0.25, 0.3) is 0 Å². The zero-order chi connectivity index (χ0) is 15.8. The Morgan fingerprint density at radius 3 is 2.38 bits per heavy atom. The third-order valence-electron chi connectivity index (χ3n) is 3.72. The lowest BCUT2D eigenvalue weighted by atomic mass is 9.98. The predicted molar refractivity (Wildman–Crippen MR) is 67.4 cm³/mol. The second-order valence-corrected chi connectivity index (χ2v) is 5.14. The molecular formula is C14H14F3NO3. The number of halogens is 3. The maximum atomic E-state index is 13.9. The lowest BCUT2D eigenvalue weighted by molar-refractivity contribution is -0.150. The molecule has 1 saturated heterocycles. The van der Waals surface area contributed by atoms with E-state index in [1.54, 1.807) is 0 Å². The zero-order valence-electron chi connectivity index (χ0n) is 11.3. The molecule has 1 aromatic rings. The summed E-state index contributed by atoms with van der Waals surface area (Å²) in [5.41, 5.74) is -2.89. The fraction of sp³-hybridized carbons (Fsp3) is 0.429. The number of hydrogen-bond acceptors (Lipinski definition) is 2. The van der Waals surface area contributed by atoms with Crippen LogP contribution in [0.1, 0.15) is 24.8 Å². The number of rotatable bonds is 3. The van der Waals surface area contributed by atoms with Gasteiger partial charge in [-0.05, 0) is 19.1 Å². The maximum Gasteiger partial charge on any atom is 0.343 e. The highest BCUT2D eigenvalue weighted by molar-refractivity contribution is 5.86. The van der Waals surface area contributed by atoms with Crippen LogP contribution in [-0.4, -0.2) is 40.6 Å². The molecule has 1 N–H and O–H groups in total. The van der Waals surface area contributed by atoms with Crippen molar-refractivity contribution in [2.24, 2.45) is 0 Å². The van der Waals surface area contributed by atoms with Gasteiger partial charge < -0.3 is 10.0 Å². The van der Waals surface area contributed by atoms with E-state index in [0.29, 0.717) is 0 Å². The molecule has 1 aliphatic rings. The first-order chi connectivity index (χ1) is 9.76. The monoisotopic (exact) mass is 301 g/mol. The van der Waals surface area contributed by atoms with E-state index in [1.165, 1.54) is 13.0 Å². The molecule has 2 rings (SSSR count). The van der Waals surface area contributed by atoms with E-state index < -0.39 is 47.2 Å². The highest BCUT2D eigenvalue weighted by Gasteiger charge is 2.47. The van der Waals surface area contributed by atoms with Crippen LogP contribution in [0, 0.1) is 11.6 Å². The average molecular weight is 301 g/mol. The summed E-state index contributed by atoms with van der Waals surface area (Å²) in [6.07, 6.45) is -0.333. The number of carbonyl (C=O) groups excluding carboxylic acids is 1. The van der Waals surface area contributed by atoms with Gasteiger partial charge >= 0.3 is 5.97 Å². The first kappa shape index (κ1) is 15.3. The average Bonchev–Trinajstić information content (AvgIpc) is 2.81. The van der Waals surface area contributed by atoms with E-state index in [4.69, 9.17) is 5.11 Å². The van der Waals surface area contributed by atoms with Crippen molar-refractivity contribution in [3.8, 4) is 0 Å². The van der Waals surface area contributed by atoms with Crippen LogP contribution in [0.5, 0.6) is 0 Å². The third-order valence-corrected chi connectivity index (χ3v) is 3.72. The molecule has 0 saturated carbocycles. The molecule has 1 fully saturated rings. The molecule has 1 aliphatic heterocycles. The van der Waals surface area contributed by atoms with Crippen LogP contribution in [-0.2, 0) is 9.59 Å². The van der Waals surface area contributed by atoms with Crippen molar-refractivity contribution < 1.29 is 27.9 Å². The summed E-state index contributed by atoms with van der Waals surface area (Å²) in [5.74, 6) is -5.20. The number of alkyl halides is 1. The Morgan fingerprint density at radius 1 is 1.33 bits per heavy atom. The van der Waals surface area contributed by atoms with Gasteiger partial charge in [-0.25, -0.2) is 18.0 Å². The Balaban J connectivity index is 2.20. The molecule has 4 nitrogen and oxygen atoms in total. The van der Waals surface area contributed by atoms with Crippen molar-refractivity contribution in [3.05, 3.63) is 35.4 Å². The number of hydrogen-bond donors (Lipinski definition) is 1. The number of amides is 1. The van der Waals surface area contributed by atoms with Crippen molar-refractivity contribution in [1.29, 1.82) is 0 Å². The molecule has 21 heavy (non-hydrogen) atoms. The first-order valence-corrected chi connectivity index (χ1v) is 6.41.